The predicted molar refractivity (Wildman–Crippen MR) is 78.4 cm³/mol. The van der Waals surface area contributed by atoms with Gasteiger partial charge < -0.3 is 15.2 Å². The maximum absolute atomic E-state index is 11.4. The number of hydrogen-bond donors (Lipinski definition) is 2. The minimum absolute atomic E-state index is 0.134. The van der Waals surface area contributed by atoms with Gasteiger partial charge in [0.1, 0.15) is 5.60 Å². The number of aliphatic hydroxyl groups excluding tert-OH is 1. The molecule has 0 saturated carbocycles. The van der Waals surface area contributed by atoms with Crippen molar-refractivity contribution in [2.24, 2.45) is 0 Å². The number of benzene rings is 1. The summed E-state index contributed by atoms with van der Waals surface area (Å²) >= 11 is 2.20. The molecule has 4 nitrogen and oxygen atoms in total. The Bertz CT molecular complexity index is 398. The summed E-state index contributed by atoms with van der Waals surface area (Å²) in [6.45, 7) is 5.52. The Kier molecular flexibility index (Phi) is 5.40. The monoisotopic (exact) mass is 363 g/mol. The summed E-state index contributed by atoms with van der Waals surface area (Å²) in [6, 6.07) is 7.49. The molecule has 1 amide bonds. The van der Waals surface area contributed by atoms with Crippen molar-refractivity contribution in [1.29, 1.82) is 0 Å². The molecule has 1 aromatic carbocycles. The Labute approximate surface area is 121 Å². The van der Waals surface area contributed by atoms with Crippen molar-refractivity contribution >= 4 is 28.7 Å². The number of nitrogens with one attached hydrogen (secondary N) is 1. The van der Waals surface area contributed by atoms with E-state index in [2.05, 4.69) is 27.9 Å². The van der Waals surface area contributed by atoms with Gasteiger partial charge in [-0.1, -0.05) is 12.1 Å². The summed E-state index contributed by atoms with van der Waals surface area (Å²) < 4.78 is 6.18. The number of alkyl carbamates (subject to hydrolysis) is 1. The summed E-state index contributed by atoms with van der Waals surface area (Å²) in [7, 11) is 0. The maximum Gasteiger partial charge on any atom is 0.407 e. The van der Waals surface area contributed by atoms with E-state index >= 15 is 0 Å². The normalized spacial score (nSPS) is 12.9. The number of ether oxygens (including phenoxy) is 1. The minimum Gasteiger partial charge on any atom is -0.444 e. The van der Waals surface area contributed by atoms with E-state index < -0.39 is 17.8 Å². The third-order valence-corrected chi connectivity index (χ3v) is 2.81. The molecular weight excluding hydrogens is 345 g/mol. The molecule has 1 aromatic rings. The lowest BCUT2D eigenvalue weighted by Gasteiger charge is -2.20. The number of aliphatic hydroxyl groups is 1. The van der Waals surface area contributed by atoms with Gasteiger partial charge in [-0.05, 0) is 61.1 Å². The lowest BCUT2D eigenvalue weighted by Crippen LogP contribution is -2.34. The van der Waals surface area contributed by atoms with Crippen molar-refractivity contribution in [3.05, 3.63) is 33.4 Å². The fraction of sp³-hybridized carbons (Fsp3) is 0.462. The number of carbonyl (C=O) groups excluding carboxylic acids is 1. The molecule has 0 aliphatic carbocycles. The van der Waals surface area contributed by atoms with Crippen LogP contribution in [0, 0.1) is 3.57 Å². The van der Waals surface area contributed by atoms with E-state index in [0.717, 1.165) is 9.13 Å². The van der Waals surface area contributed by atoms with Gasteiger partial charge in [0.15, 0.2) is 0 Å². The Morgan fingerprint density at radius 3 is 2.44 bits per heavy atom. The summed E-state index contributed by atoms with van der Waals surface area (Å²) in [6.07, 6.45) is -1.25. The SMILES string of the molecule is CC(C)(C)OC(=O)NC[C@@H](O)c1ccc(I)cc1. The molecule has 0 unspecified atom stereocenters. The largest absolute Gasteiger partial charge is 0.444 e. The summed E-state index contributed by atoms with van der Waals surface area (Å²) in [5, 5.41) is 12.4. The van der Waals surface area contributed by atoms with Gasteiger partial charge >= 0.3 is 6.09 Å². The van der Waals surface area contributed by atoms with Crippen molar-refractivity contribution in [3.63, 3.8) is 0 Å². The Morgan fingerprint density at radius 2 is 1.94 bits per heavy atom. The van der Waals surface area contributed by atoms with Crippen LogP contribution >= 0.6 is 22.6 Å². The first-order valence-electron chi connectivity index (χ1n) is 5.68. The predicted octanol–water partition coefficient (Wildman–Crippen LogP) is 2.85. The maximum atomic E-state index is 11.4. The zero-order chi connectivity index (χ0) is 13.8. The standard InChI is InChI=1S/C13H18INO3/c1-13(2,3)18-12(17)15-8-11(16)9-4-6-10(14)7-5-9/h4-7,11,16H,8H2,1-3H3,(H,15,17)/t11-/m1/s1. The number of carbonyl (C=O) groups is 1. The van der Waals surface area contributed by atoms with Gasteiger partial charge in [-0.15, -0.1) is 0 Å². The second kappa shape index (κ2) is 6.38. The fourth-order valence-corrected chi connectivity index (χ4v) is 1.66. The van der Waals surface area contributed by atoms with Gasteiger partial charge in [0.05, 0.1) is 12.6 Å². The average molecular weight is 363 g/mol. The molecule has 18 heavy (non-hydrogen) atoms. The van der Waals surface area contributed by atoms with Crippen LogP contribution in [0.15, 0.2) is 24.3 Å². The van der Waals surface area contributed by atoms with Crippen LogP contribution < -0.4 is 5.32 Å². The average Bonchev–Trinajstić information content (AvgIpc) is 2.24. The molecule has 100 valence electrons. The summed E-state index contributed by atoms with van der Waals surface area (Å²) in [5.41, 5.74) is 0.240. The van der Waals surface area contributed by atoms with Crippen LogP contribution in [-0.4, -0.2) is 23.3 Å². The van der Waals surface area contributed by atoms with Crippen molar-refractivity contribution in [3.8, 4) is 0 Å². The molecule has 0 spiro atoms. The second-order valence-electron chi connectivity index (χ2n) is 4.95. The number of hydrogen-bond acceptors (Lipinski definition) is 3. The molecule has 0 aliphatic rings. The van der Waals surface area contributed by atoms with Crippen LogP contribution in [0.4, 0.5) is 4.79 Å². The highest BCUT2D eigenvalue weighted by Crippen LogP contribution is 2.14. The Morgan fingerprint density at radius 1 is 1.39 bits per heavy atom. The molecule has 1 atom stereocenters. The van der Waals surface area contributed by atoms with Gasteiger partial charge in [-0.25, -0.2) is 4.79 Å². The highest BCUT2D eigenvalue weighted by atomic mass is 127. The highest BCUT2D eigenvalue weighted by molar-refractivity contribution is 14.1. The number of rotatable bonds is 3. The molecular formula is C13H18INO3. The van der Waals surface area contributed by atoms with Crippen LogP contribution in [-0.2, 0) is 4.74 Å². The highest BCUT2D eigenvalue weighted by Gasteiger charge is 2.17. The molecule has 0 fully saturated rings. The van der Waals surface area contributed by atoms with Crippen LogP contribution in [0.2, 0.25) is 0 Å². The van der Waals surface area contributed by atoms with E-state index in [1.54, 1.807) is 20.8 Å². The zero-order valence-electron chi connectivity index (χ0n) is 10.7. The van der Waals surface area contributed by atoms with Crippen LogP contribution in [0.5, 0.6) is 0 Å². The topological polar surface area (TPSA) is 58.6 Å². The zero-order valence-corrected chi connectivity index (χ0v) is 12.9. The molecule has 0 saturated heterocycles. The van der Waals surface area contributed by atoms with Crippen molar-refractivity contribution in [2.45, 2.75) is 32.5 Å². The molecule has 0 aromatic heterocycles. The van der Waals surface area contributed by atoms with Crippen LogP contribution in [0.3, 0.4) is 0 Å². The molecule has 2 N–H and O–H groups in total. The van der Waals surface area contributed by atoms with E-state index in [4.69, 9.17) is 4.74 Å². The van der Waals surface area contributed by atoms with E-state index in [-0.39, 0.29) is 6.54 Å². The van der Waals surface area contributed by atoms with E-state index in [1.807, 2.05) is 24.3 Å². The minimum atomic E-state index is -0.727. The summed E-state index contributed by atoms with van der Waals surface area (Å²) in [4.78, 5) is 11.4. The van der Waals surface area contributed by atoms with Crippen molar-refractivity contribution in [2.75, 3.05) is 6.54 Å². The molecule has 0 bridgehead atoms. The molecule has 0 heterocycles. The third-order valence-electron chi connectivity index (χ3n) is 2.09. The van der Waals surface area contributed by atoms with Crippen molar-refractivity contribution in [1.82, 2.24) is 5.32 Å². The van der Waals surface area contributed by atoms with Gasteiger partial charge in [0.2, 0.25) is 0 Å². The van der Waals surface area contributed by atoms with Crippen molar-refractivity contribution < 1.29 is 14.6 Å². The first-order valence-corrected chi connectivity index (χ1v) is 6.76. The number of amides is 1. The molecule has 0 aliphatic heterocycles. The van der Waals surface area contributed by atoms with E-state index in [0.29, 0.717) is 0 Å². The lowest BCUT2D eigenvalue weighted by atomic mass is 10.1. The first-order chi connectivity index (χ1) is 8.28. The van der Waals surface area contributed by atoms with Gasteiger partial charge in [-0.2, -0.15) is 0 Å². The quantitative estimate of drug-likeness (QED) is 0.812. The Hall–Kier alpha value is -0.820. The van der Waals surface area contributed by atoms with Crippen LogP contribution in [0.1, 0.15) is 32.4 Å². The van der Waals surface area contributed by atoms with Gasteiger partial charge in [0.25, 0.3) is 0 Å². The first kappa shape index (κ1) is 15.2. The Balaban J connectivity index is 2.44. The number of halogens is 1. The van der Waals surface area contributed by atoms with Gasteiger partial charge in [-0.3, -0.25) is 0 Å². The second-order valence-corrected chi connectivity index (χ2v) is 6.20. The van der Waals surface area contributed by atoms with Gasteiger partial charge in [0, 0.05) is 3.57 Å². The third kappa shape index (κ3) is 5.68. The van der Waals surface area contributed by atoms with E-state index in [1.165, 1.54) is 0 Å². The van der Waals surface area contributed by atoms with E-state index in [9.17, 15) is 9.90 Å². The lowest BCUT2D eigenvalue weighted by molar-refractivity contribution is 0.0492. The molecule has 5 heteroatoms. The summed E-state index contributed by atoms with van der Waals surface area (Å²) in [5.74, 6) is 0. The molecule has 0 radical (unpaired) electrons. The fourth-order valence-electron chi connectivity index (χ4n) is 1.30. The smallest absolute Gasteiger partial charge is 0.407 e. The molecule has 1 rings (SSSR count). The van der Waals surface area contributed by atoms with Crippen LogP contribution in [0.25, 0.3) is 0 Å².